The fraction of sp³-hybridized carbons (Fsp3) is 0.357. The van der Waals surface area contributed by atoms with Gasteiger partial charge in [0, 0.05) is 18.8 Å². The topological polar surface area (TPSA) is 77.3 Å². The van der Waals surface area contributed by atoms with Crippen LogP contribution >= 0.6 is 11.3 Å². The molecule has 1 heterocycles. The highest BCUT2D eigenvalue weighted by Crippen LogP contribution is 2.28. The highest BCUT2D eigenvalue weighted by Gasteiger charge is 2.14. The molecule has 0 saturated heterocycles. The van der Waals surface area contributed by atoms with Crippen molar-refractivity contribution in [1.29, 1.82) is 0 Å². The summed E-state index contributed by atoms with van der Waals surface area (Å²) in [5.74, 6) is 0.528. The SMILES string of the molecule is CCCNc1ncc(COc2cccc([N+](=O)[O-])c2C)s1. The number of aromatic nitrogens is 1. The van der Waals surface area contributed by atoms with Gasteiger partial charge in [-0.05, 0) is 19.4 Å². The third-order valence-corrected chi connectivity index (χ3v) is 3.83. The summed E-state index contributed by atoms with van der Waals surface area (Å²) in [5, 5.41) is 15.0. The molecule has 1 N–H and O–H groups in total. The molecule has 0 saturated carbocycles. The highest BCUT2D eigenvalue weighted by molar-refractivity contribution is 7.15. The molecular weight excluding hydrogens is 290 g/mol. The molecule has 2 aromatic rings. The number of ether oxygens (including phenoxy) is 1. The van der Waals surface area contributed by atoms with E-state index in [-0.39, 0.29) is 5.69 Å². The van der Waals surface area contributed by atoms with Crippen LogP contribution < -0.4 is 10.1 Å². The molecule has 0 radical (unpaired) electrons. The van der Waals surface area contributed by atoms with E-state index < -0.39 is 4.92 Å². The molecule has 0 atom stereocenters. The Morgan fingerprint density at radius 3 is 3.00 bits per heavy atom. The monoisotopic (exact) mass is 307 g/mol. The summed E-state index contributed by atoms with van der Waals surface area (Å²) in [5.41, 5.74) is 0.610. The van der Waals surface area contributed by atoms with Crippen molar-refractivity contribution in [2.75, 3.05) is 11.9 Å². The second kappa shape index (κ2) is 7.03. The quantitative estimate of drug-likeness (QED) is 0.622. The molecule has 21 heavy (non-hydrogen) atoms. The average Bonchev–Trinajstić information content (AvgIpc) is 2.91. The van der Waals surface area contributed by atoms with Crippen LogP contribution in [0.15, 0.2) is 24.4 Å². The number of nitro benzene ring substituents is 1. The zero-order chi connectivity index (χ0) is 15.2. The molecule has 0 bridgehead atoms. The Kier molecular flexibility index (Phi) is 5.10. The fourth-order valence-corrected chi connectivity index (χ4v) is 2.55. The van der Waals surface area contributed by atoms with Crippen LogP contribution in [-0.2, 0) is 6.61 Å². The van der Waals surface area contributed by atoms with E-state index in [0.29, 0.717) is 17.9 Å². The smallest absolute Gasteiger partial charge is 0.276 e. The molecule has 0 aliphatic heterocycles. The Morgan fingerprint density at radius 1 is 1.48 bits per heavy atom. The van der Waals surface area contributed by atoms with Crippen LogP contribution in [0.3, 0.4) is 0 Å². The average molecular weight is 307 g/mol. The van der Waals surface area contributed by atoms with Crippen LogP contribution in [0, 0.1) is 17.0 Å². The summed E-state index contributed by atoms with van der Waals surface area (Å²) in [7, 11) is 0. The first-order chi connectivity index (χ1) is 10.1. The van der Waals surface area contributed by atoms with Crippen molar-refractivity contribution < 1.29 is 9.66 Å². The minimum absolute atomic E-state index is 0.0714. The minimum Gasteiger partial charge on any atom is -0.487 e. The molecule has 0 spiro atoms. The molecule has 2 rings (SSSR count). The second-order valence-corrected chi connectivity index (χ2v) is 5.62. The van der Waals surface area contributed by atoms with Crippen LogP contribution in [0.5, 0.6) is 5.75 Å². The van der Waals surface area contributed by atoms with Crippen LogP contribution in [0.2, 0.25) is 0 Å². The van der Waals surface area contributed by atoms with Gasteiger partial charge >= 0.3 is 0 Å². The van der Waals surface area contributed by atoms with Gasteiger partial charge in [-0.2, -0.15) is 0 Å². The molecule has 0 fully saturated rings. The maximum Gasteiger partial charge on any atom is 0.276 e. The van der Waals surface area contributed by atoms with Gasteiger partial charge in [-0.25, -0.2) is 4.98 Å². The van der Waals surface area contributed by atoms with E-state index in [1.165, 1.54) is 17.4 Å². The third-order valence-electron chi connectivity index (χ3n) is 2.90. The Labute approximate surface area is 126 Å². The predicted molar refractivity (Wildman–Crippen MR) is 83.1 cm³/mol. The van der Waals surface area contributed by atoms with Gasteiger partial charge < -0.3 is 10.1 Å². The summed E-state index contributed by atoms with van der Waals surface area (Å²) < 4.78 is 5.67. The molecule has 0 aliphatic rings. The summed E-state index contributed by atoms with van der Waals surface area (Å²) in [6, 6.07) is 4.84. The van der Waals surface area contributed by atoms with Gasteiger partial charge in [0.25, 0.3) is 5.69 Å². The van der Waals surface area contributed by atoms with Gasteiger partial charge in [0.1, 0.15) is 12.4 Å². The van der Waals surface area contributed by atoms with Crippen molar-refractivity contribution >= 4 is 22.2 Å². The predicted octanol–water partition coefficient (Wildman–Crippen LogP) is 3.76. The highest BCUT2D eigenvalue weighted by atomic mass is 32.1. The molecule has 1 aromatic heterocycles. The van der Waals surface area contributed by atoms with Crippen molar-refractivity contribution in [3.8, 4) is 5.75 Å². The van der Waals surface area contributed by atoms with Gasteiger partial charge in [0.15, 0.2) is 5.13 Å². The van der Waals surface area contributed by atoms with Crippen LogP contribution in [0.1, 0.15) is 23.8 Å². The second-order valence-electron chi connectivity index (χ2n) is 4.50. The Bertz CT molecular complexity index is 628. The largest absolute Gasteiger partial charge is 0.487 e. The Balaban J connectivity index is 2.01. The van der Waals surface area contributed by atoms with E-state index in [2.05, 4.69) is 17.2 Å². The van der Waals surface area contributed by atoms with E-state index in [1.54, 1.807) is 25.3 Å². The molecule has 0 unspecified atom stereocenters. The lowest BCUT2D eigenvalue weighted by Crippen LogP contribution is -1.98. The zero-order valence-corrected chi connectivity index (χ0v) is 12.8. The Morgan fingerprint density at radius 2 is 2.29 bits per heavy atom. The number of nitrogens with one attached hydrogen (secondary N) is 1. The molecule has 0 amide bonds. The minimum atomic E-state index is -0.401. The van der Waals surface area contributed by atoms with Gasteiger partial charge in [0.05, 0.1) is 15.4 Å². The van der Waals surface area contributed by atoms with Gasteiger partial charge in [-0.3, -0.25) is 10.1 Å². The van der Waals surface area contributed by atoms with Crippen molar-refractivity contribution in [2.24, 2.45) is 0 Å². The number of rotatable bonds is 7. The lowest BCUT2D eigenvalue weighted by Gasteiger charge is -2.07. The number of benzene rings is 1. The van der Waals surface area contributed by atoms with Crippen molar-refractivity contribution in [3.05, 3.63) is 45.0 Å². The molecule has 0 aliphatic carbocycles. The summed E-state index contributed by atoms with van der Waals surface area (Å²) >= 11 is 1.53. The summed E-state index contributed by atoms with van der Waals surface area (Å²) in [4.78, 5) is 15.7. The molecule has 7 heteroatoms. The zero-order valence-electron chi connectivity index (χ0n) is 12.0. The molecule has 1 aromatic carbocycles. The lowest BCUT2D eigenvalue weighted by atomic mass is 10.2. The van der Waals surface area contributed by atoms with Gasteiger partial charge in [-0.1, -0.05) is 24.3 Å². The molecule has 112 valence electrons. The maximum absolute atomic E-state index is 10.9. The van der Waals surface area contributed by atoms with E-state index in [1.807, 2.05) is 0 Å². The fourth-order valence-electron chi connectivity index (χ4n) is 1.79. The lowest BCUT2D eigenvalue weighted by molar-refractivity contribution is -0.385. The summed E-state index contributed by atoms with van der Waals surface area (Å²) in [6.45, 7) is 5.02. The van der Waals surface area contributed by atoms with E-state index in [0.717, 1.165) is 23.0 Å². The normalized spacial score (nSPS) is 10.4. The number of thiazole rings is 1. The Hall–Kier alpha value is -2.15. The number of hydrogen-bond acceptors (Lipinski definition) is 6. The molecular formula is C14H17N3O3S. The van der Waals surface area contributed by atoms with Crippen molar-refractivity contribution in [3.63, 3.8) is 0 Å². The first-order valence-corrected chi connectivity index (χ1v) is 7.49. The van der Waals surface area contributed by atoms with E-state index in [4.69, 9.17) is 4.74 Å². The number of anilines is 1. The summed E-state index contributed by atoms with van der Waals surface area (Å²) in [6.07, 6.45) is 2.80. The van der Waals surface area contributed by atoms with Crippen LogP contribution in [0.4, 0.5) is 10.8 Å². The van der Waals surface area contributed by atoms with Crippen LogP contribution in [0.25, 0.3) is 0 Å². The maximum atomic E-state index is 10.9. The van der Waals surface area contributed by atoms with Crippen molar-refractivity contribution in [2.45, 2.75) is 26.9 Å². The van der Waals surface area contributed by atoms with Gasteiger partial charge in [0.2, 0.25) is 0 Å². The number of nitrogens with zero attached hydrogens (tertiary/aromatic N) is 2. The standard InChI is InChI=1S/C14H17N3O3S/c1-3-7-15-14-16-8-11(21-14)9-20-13-6-4-5-12(10(13)2)17(18)19/h4-6,8H,3,7,9H2,1-2H3,(H,15,16). The van der Waals surface area contributed by atoms with Crippen LogP contribution in [-0.4, -0.2) is 16.5 Å². The first-order valence-electron chi connectivity index (χ1n) is 6.67. The molecule has 6 nitrogen and oxygen atoms in total. The van der Waals surface area contributed by atoms with Crippen molar-refractivity contribution in [1.82, 2.24) is 4.98 Å². The van der Waals surface area contributed by atoms with E-state index in [9.17, 15) is 10.1 Å². The number of nitro groups is 1. The third kappa shape index (κ3) is 3.91. The first kappa shape index (κ1) is 15.2. The van der Waals surface area contributed by atoms with Gasteiger partial charge in [-0.15, -0.1) is 0 Å². The number of hydrogen-bond donors (Lipinski definition) is 1. The van der Waals surface area contributed by atoms with E-state index >= 15 is 0 Å².